The van der Waals surface area contributed by atoms with Crippen LogP contribution in [0.25, 0.3) is 0 Å². The summed E-state index contributed by atoms with van der Waals surface area (Å²) in [7, 11) is 3.48. The molecular formula is C16H27IN4O2S. The van der Waals surface area contributed by atoms with Crippen molar-refractivity contribution in [3.63, 3.8) is 0 Å². The minimum absolute atomic E-state index is 0. The second-order valence-electron chi connectivity index (χ2n) is 5.87. The van der Waals surface area contributed by atoms with Crippen LogP contribution in [0.1, 0.15) is 30.7 Å². The molecule has 1 unspecified atom stereocenters. The van der Waals surface area contributed by atoms with Gasteiger partial charge in [-0.2, -0.15) is 0 Å². The van der Waals surface area contributed by atoms with E-state index in [0.29, 0.717) is 12.0 Å². The summed E-state index contributed by atoms with van der Waals surface area (Å²) in [6.07, 6.45) is 1.91. The van der Waals surface area contributed by atoms with Crippen molar-refractivity contribution in [3.8, 4) is 0 Å². The Morgan fingerprint density at radius 1 is 1.46 bits per heavy atom. The number of amides is 1. The van der Waals surface area contributed by atoms with Crippen LogP contribution in [-0.2, 0) is 9.53 Å². The number of carbonyl (C=O) groups is 1. The molecule has 0 aromatic carbocycles. The Morgan fingerprint density at radius 3 is 2.75 bits per heavy atom. The Morgan fingerprint density at radius 2 is 2.17 bits per heavy atom. The molecule has 8 heteroatoms. The van der Waals surface area contributed by atoms with Crippen LogP contribution >= 0.6 is 35.3 Å². The molecule has 136 valence electrons. The Kier molecular flexibility index (Phi) is 9.60. The Balaban J connectivity index is 0.00000288. The van der Waals surface area contributed by atoms with E-state index < -0.39 is 0 Å². The number of aliphatic imine (C=N–C) groups is 1. The van der Waals surface area contributed by atoms with Crippen LogP contribution in [0.15, 0.2) is 22.5 Å². The van der Waals surface area contributed by atoms with E-state index in [1.807, 2.05) is 6.07 Å². The maximum Gasteiger partial charge on any atom is 0.243 e. The van der Waals surface area contributed by atoms with Gasteiger partial charge in [0.05, 0.1) is 6.04 Å². The van der Waals surface area contributed by atoms with Crippen LogP contribution in [0.2, 0.25) is 0 Å². The van der Waals surface area contributed by atoms with Gasteiger partial charge in [-0.15, -0.1) is 35.3 Å². The van der Waals surface area contributed by atoms with Crippen molar-refractivity contribution in [2.75, 3.05) is 33.9 Å². The number of thiophene rings is 1. The first-order valence-electron chi connectivity index (χ1n) is 7.95. The molecule has 0 aliphatic carbocycles. The number of nitrogens with one attached hydrogen (secondary N) is 2. The number of halogens is 1. The summed E-state index contributed by atoms with van der Waals surface area (Å²) >= 11 is 1.71. The molecule has 0 radical (unpaired) electrons. The first-order chi connectivity index (χ1) is 11.1. The molecule has 0 bridgehead atoms. The van der Waals surface area contributed by atoms with E-state index >= 15 is 0 Å². The van der Waals surface area contributed by atoms with Crippen molar-refractivity contribution in [1.82, 2.24) is 15.5 Å². The molecule has 24 heavy (non-hydrogen) atoms. The molecule has 1 amide bonds. The number of guanidine groups is 1. The number of nitrogens with zero attached hydrogens (tertiary/aromatic N) is 2. The second kappa shape index (κ2) is 10.9. The molecule has 1 aromatic heterocycles. The predicted molar refractivity (Wildman–Crippen MR) is 109 cm³/mol. The second-order valence-corrected chi connectivity index (χ2v) is 6.84. The van der Waals surface area contributed by atoms with E-state index in [2.05, 4.69) is 34.0 Å². The van der Waals surface area contributed by atoms with Crippen LogP contribution in [0, 0.1) is 0 Å². The lowest BCUT2D eigenvalue weighted by Gasteiger charge is -2.26. The molecule has 2 rings (SSSR count). The number of rotatable bonds is 5. The van der Waals surface area contributed by atoms with Gasteiger partial charge in [-0.3, -0.25) is 4.79 Å². The van der Waals surface area contributed by atoms with E-state index in [9.17, 15) is 4.79 Å². The van der Waals surface area contributed by atoms with Gasteiger partial charge in [0.15, 0.2) is 5.96 Å². The molecule has 6 nitrogen and oxygen atoms in total. The van der Waals surface area contributed by atoms with Gasteiger partial charge in [-0.1, -0.05) is 6.07 Å². The summed E-state index contributed by atoms with van der Waals surface area (Å²) in [5, 5.41) is 8.90. The molecule has 2 heterocycles. The van der Waals surface area contributed by atoms with Crippen LogP contribution in [-0.4, -0.2) is 56.7 Å². The van der Waals surface area contributed by atoms with Crippen molar-refractivity contribution in [1.29, 1.82) is 0 Å². The highest BCUT2D eigenvalue weighted by atomic mass is 127. The highest BCUT2D eigenvalue weighted by molar-refractivity contribution is 14.0. The van der Waals surface area contributed by atoms with Crippen molar-refractivity contribution in [2.24, 2.45) is 4.99 Å². The molecule has 0 saturated carbocycles. The number of carbonyl (C=O) groups excluding carboxylic acids is 1. The normalized spacial score (nSPS) is 16.9. The number of ether oxygens (including phenoxy) is 1. The van der Waals surface area contributed by atoms with Crippen molar-refractivity contribution in [3.05, 3.63) is 22.4 Å². The summed E-state index contributed by atoms with van der Waals surface area (Å²) in [6, 6.07) is 4.62. The summed E-state index contributed by atoms with van der Waals surface area (Å²) in [6.45, 7) is 3.77. The van der Waals surface area contributed by atoms with Crippen molar-refractivity contribution < 1.29 is 9.53 Å². The lowest BCUT2D eigenvalue weighted by molar-refractivity contribution is -0.127. The molecule has 1 aliphatic rings. The largest absolute Gasteiger partial charge is 0.381 e. The van der Waals surface area contributed by atoms with Crippen LogP contribution in [0.3, 0.4) is 0 Å². The van der Waals surface area contributed by atoms with E-state index in [1.54, 1.807) is 30.3 Å². The summed E-state index contributed by atoms with van der Waals surface area (Å²) in [5.41, 5.74) is 0. The topological polar surface area (TPSA) is 66.0 Å². The zero-order valence-corrected chi connectivity index (χ0v) is 17.6. The Labute approximate surface area is 165 Å². The van der Waals surface area contributed by atoms with Gasteiger partial charge >= 0.3 is 0 Å². The lowest BCUT2D eigenvalue weighted by Crippen LogP contribution is -2.46. The van der Waals surface area contributed by atoms with E-state index in [1.165, 1.54) is 4.88 Å². The van der Waals surface area contributed by atoms with Crippen LogP contribution in [0.5, 0.6) is 0 Å². The van der Waals surface area contributed by atoms with Crippen molar-refractivity contribution in [2.45, 2.75) is 31.8 Å². The number of hydrogen-bond acceptors (Lipinski definition) is 4. The third kappa shape index (κ3) is 6.94. The van der Waals surface area contributed by atoms with Gasteiger partial charge in [-0.05, 0) is 31.2 Å². The first-order valence-corrected chi connectivity index (χ1v) is 8.83. The minimum Gasteiger partial charge on any atom is -0.381 e. The maximum absolute atomic E-state index is 11.8. The van der Waals surface area contributed by atoms with Gasteiger partial charge in [0, 0.05) is 38.2 Å². The number of likely N-dealkylation sites (N-methyl/N-ethyl adjacent to an activating group) is 1. The van der Waals surface area contributed by atoms with Gasteiger partial charge in [0.25, 0.3) is 0 Å². The maximum atomic E-state index is 11.8. The number of hydrogen-bond donors (Lipinski definition) is 2. The molecule has 1 aromatic rings. The molecule has 1 fully saturated rings. The molecule has 2 N–H and O–H groups in total. The quantitative estimate of drug-likeness (QED) is 0.397. The zero-order valence-electron chi connectivity index (χ0n) is 14.4. The predicted octanol–water partition coefficient (Wildman–Crippen LogP) is 2.23. The van der Waals surface area contributed by atoms with E-state index in [0.717, 1.165) is 26.1 Å². The SMILES string of the molecule is CC(NC(=NCC(=O)N(C)C)NC1CCOCC1)c1cccs1.I. The lowest BCUT2D eigenvalue weighted by atomic mass is 10.1. The van der Waals surface area contributed by atoms with Gasteiger partial charge < -0.3 is 20.3 Å². The molecule has 1 atom stereocenters. The Hall–Kier alpha value is -0.870. The van der Waals surface area contributed by atoms with E-state index in [-0.39, 0.29) is 42.5 Å². The fourth-order valence-electron chi connectivity index (χ4n) is 2.27. The molecule has 1 aliphatic heterocycles. The summed E-state index contributed by atoms with van der Waals surface area (Å²) in [5.74, 6) is 0.676. The van der Waals surface area contributed by atoms with Gasteiger partial charge in [0.1, 0.15) is 6.54 Å². The monoisotopic (exact) mass is 466 g/mol. The third-order valence-corrected chi connectivity index (χ3v) is 4.81. The highest BCUT2D eigenvalue weighted by Gasteiger charge is 2.17. The average Bonchev–Trinajstić information content (AvgIpc) is 3.07. The van der Waals surface area contributed by atoms with Crippen molar-refractivity contribution >= 4 is 47.2 Å². The Bertz CT molecular complexity index is 516. The van der Waals surface area contributed by atoms with Crippen LogP contribution < -0.4 is 10.6 Å². The highest BCUT2D eigenvalue weighted by Crippen LogP contribution is 2.18. The van der Waals surface area contributed by atoms with Crippen LogP contribution in [0.4, 0.5) is 0 Å². The van der Waals surface area contributed by atoms with Gasteiger partial charge in [-0.25, -0.2) is 4.99 Å². The zero-order chi connectivity index (χ0) is 16.7. The third-order valence-electron chi connectivity index (χ3n) is 3.76. The standard InChI is InChI=1S/C16H26N4O2S.HI/c1-12(14-5-4-10-23-14)18-16(17-11-15(21)20(2)3)19-13-6-8-22-9-7-13;/h4-5,10,12-13H,6-9,11H2,1-3H3,(H2,17,18,19);1H. The summed E-state index contributed by atoms with van der Waals surface area (Å²) in [4.78, 5) is 19.1. The molecular weight excluding hydrogens is 439 g/mol. The van der Waals surface area contributed by atoms with Gasteiger partial charge in [0.2, 0.25) is 5.91 Å². The molecule has 0 spiro atoms. The average molecular weight is 466 g/mol. The molecule has 1 saturated heterocycles. The fraction of sp³-hybridized carbons (Fsp3) is 0.625. The smallest absolute Gasteiger partial charge is 0.243 e. The first kappa shape index (κ1) is 21.2. The minimum atomic E-state index is -0.0122. The summed E-state index contributed by atoms with van der Waals surface area (Å²) < 4.78 is 5.39. The van der Waals surface area contributed by atoms with E-state index in [4.69, 9.17) is 4.74 Å². The fourth-order valence-corrected chi connectivity index (χ4v) is 3.00.